The van der Waals surface area contributed by atoms with Gasteiger partial charge in [0.15, 0.2) is 11.5 Å². The van der Waals surface area contributed by atoms with Crippen LogP contribution in [-0.4, -0.2) is 82.9 Å². The zero-order valence-electron chi connectivity index (χ0n) is 21.5. The van der Waals surface area contributed by atoms with Crippen LogP contribution in [0.5, 0.6) is 11.8 Å². The van der Waals surface area contributed by atoms with Gasteiger partial charge in [-0.1, -0.05) is 11.6 Å². The van der Waals surface area contributed by atoms with Crippen LogP contribution in [0.25, 0.3) is 5.69 Å². The number of aromatic nitrogens is 7. The highest BCUT2D eigenvalue weighted by atomic mass is 35.5. The third-order valence-corrected chi connectivity index (χ3v) is 8.32. The van der Waals surface area contributed by atoms with Crippen molar-refractivity contribution in [2.45, 2.75) is 49.6 Å². The molecule has 0 spiro atoms. The number of nitrogens with one attached hydrogen (secondary N) is 1. The van der Waals surface area contributed by atoms with Gasteiger partial charge in [0.1, 0.15) is 23.5 Å². The first-order valence-corrected chi connectivity index (χ1v) is 13.6. The minimum atomic E-state index is -4.14. The molecule has 3 aromatic heterocycles. The third kappa shape index (κ3) is 5.50. The zero-order chi connectivity index (χ0) is 27.4. The normalized spacial score (nSPS) is 19.2. The van der Waals surface area contributed by atoms with Crippen molar-refractivity contribution in [1.29, 1.82) is 0 Å². The molecule has 1 aliphatic carbocycles. The van der Waals surface area contributed by atoms with E-state index in [-0.39, 0.29) is 41.2 Å². The molecule has 1 aliphatic rings. The van der Waals surface area contributed by atoms with Crippen LogP contribution >= 0.6 is 11.6 Å². The molecule has 0 aromatic carbocycles. The monoisotopic (exact) mass is 568 g/mol. The second-order valence-corrected chi connectivity index (χ2v) is 11.1. The average Bonchev–Trinajstić information content (AvgIpc) is 3.56. The molecule has 4 rings (SSSR count). The number of rotatable bonds is 11. The molecule has 0 saturated heterocycles. The van der Waals surface area contributed by atoms with E-state index >= 15 is 0 Å². The maximum Gasteiger partial charge on any atom is 0.245 e. The fraction of sp³-hybridized carbons (Fsp3) is 0.545. The molecular weight excluding hydrogens is 540 g/mol. The van der Waals surface area contributed by atoms with Gasteiger partial charge in [0.05, 0.1) is 25.3 Å². The minimum absolute atomic E-state index is 0.0444. The molecular formula is C22H29ClN8O6S. The number of nitrogens with zero attached hydrogens (tertiary/aromatic N) is 7. The standard InChI is InChI=1S/C22H29ClN8O6S/c1-12(17(35-3)18-24-9-14(23)10-25-18)38(32,33)30-22-29-28-19(13-6-7-15(8-13)34-2)31(22)16-20(36-4)26-11-27-21(16)37-5/h9-13,15,17H,6-8H2,1-5H3,(H,29,30)/t12?,13-,15+,17?/m1/s1. The molecule has 4 atom stereocenters. The van der Waals surface area contributed by atoms with Gasteiger partial charge < -0.3 is 18.9 Å². The Kier molecular flexibility index (Phi) is 8.60. The molecule has 1 fully saturated rings. The van der Waals surface area contributed by atoms with E-state index in [2.05, 4.69) is 34.9 Å². The zero-order valence-corrected chi connectivity index (χ0v) is 23.1. The van der Waals surface area contributed by atoms with Crippen molar-refractivity contribution in [2.75, 3.05) is 33.2 Å². The van der Waals surface area contributed by atoms with Crippen LogP contribution in [0.2, 0.25) is 5.02 Å². The predicted octanol–water partition coefficient (Wildman–Crippen LogP) is 2.32. The smallest absolute Gasteiger partial charge is 0.245 e. The van der Waals surface area contributed by atoms with Gasteiger partial charge in [0.25, 0.3) is 0 Å². The Labute approximate surface area is 225 Å². The van der Waals surface area contributed by atoms with Crippen LogP contribution in [0.4, 0.5) is 5.95 Å². The average molecular weight is 569 g/mol. The lowest BCUT2D eigenvalue weighted by Crippen LogP contribution is -2.33. The highest BCUT2D eigenvalue weighted by molar-refractivity contribution is 7.93. The Morgan fingerprint density at radius 2 is 1.68 bits per heavy atom. The molecule has 1 saturated carbocycles. The van der Waals surface area contributed by atoms with Crippen molar-refractivity contribution in [3.8, 4) is 17.4 Å². The quantitative estimate of drug-likeness (QED) is 0.359. The molecule has 0 amide bonds. The van der Waals surface area contributed by atoms with Crippen molar-refractivity contribution < 1.29 is 27.4 Å². The molecule has 38 heavy (non-hydrogen) atoms. The number of ether oxygens (including phenoxy) is 4. The molecule has 0 aliphatic heterocycles. The summed E-state index contributed by atoms with van der Waals surface area (Å²) >= 11 is 5.88. The minimum Gasteiger partial charge on any atom is -0.479 e. The molecule has 16 heteroatoms. The summed E-state index contributed by atoms with van der Waals surface area (Å²) in [6, 6.07) is 0. The molecule has 2 unspecified atom stereocenters. The van der Waals surface area contributed by atoms with Crippen LogP contribution < -0.4 is 14.2 Å². The van der Waals surface area contributed by atoms with E-state index in [1.54, 1.807) is 7.11 Å². The first-order valence-electron chi connectivity index (χ1n) is 11.7. The van der Waals surface area contributed by atoms with Crippen molar-refractivity contribution in [1.82, 2.24) is 34.7 Å². The van der Waals surface area contributed by atoms with E-state index < -0.39 is 21.4 Å². The van der Waals surface area contributed by atoms with Crippen LogP contribution in [-0.2, 0) is 19.5 Å². The Hall–Kier alpha value is -3.14. The Balaban J connectivity index is 1.78. The Bertz CT molecular complexity index is 1330. The van der Waals surface area contributed by atoms with Gasteiger partial charge in [-0.25, -0.2) is 18.4 Å². The van der Waals surface area contributed by atoms with Crippen molar-refractivity contribution >= 4 is 27.6 Å². The predicted molar refractivity (Wildman–Crippen MR) is 136 cm³/mol. The van der Waals surface area contributed by atoms with Gasteiger partial charge in [-0.05, 0) is 26.2 Å². The van der Waals surface area contributed by atoms with Crippen molar-refractivity contribution in [2.24, 2.45) is 0 Å². The topological polar surface area (TPSA) is 165 Å². The molecule has 0 bridgehead atoms. The fourth-order valence-corrected chi connectivity index (χ4v) is 5.66. The summed E-state index contributed by atoms with van der Waals surface area (Å²) in [6.07, 6.45) is 5.33. The van der Waals surface area contributed by atoms with E-state index in [9.17, 15) is 8.42 Å². The molecule has 206 valence electrons. The van der Waals surface area contributed by atoms with E-state index in [1.807, 2.05) is 0 Å². The summed E-state index contributed by atoms with van der Waals surface area (Å²) in [4.78, 5) is 16.6. The lowest BCUT2D eigenvalue weighted by atomic mass is 10.1. The second-order valence-electron chi connectivity index (χ2n) is 8.59. The van der Waals surface area contributed by atoms with Gasteiger partial charge >= 0.3 is 0 Å². The summed E-state index contributed by atoms with van der Waals surface area (Å²) in [7, 11) is 1.77. The van der Waals surface area contributed by atoms with Gasteiger partial charge in [-0.3, -0.25) is 9.29 Å². The number of sulfonamides is 1. The van der Waals surface area contributed by atoms with E-state index in [0.29, 0.717) is 17.3 Å². The first-order chi connectivity index (χ1) is 18.2. The molecule has 3 aromatic rings. The third-order valence-electron chi connectivity index (χ3n) is 6.43. The van der Waals surface area contributed by atoms with Gasteiger partial charge in [0, 0.05) is 32.5 Å². The summed E-state index contributed by atoms with van der Waals surface area (Å²) in [6.45, 7) is 1.48. The highest BCUT2D eigenvalue weighted by Gasteiger charge is 2.37. The van der Waals surface area contributed by atoms with Crippen LogP contribution in [0.15, 0.2) is 18.7 Å². The number of halogens is 1. The number of anilines is 1. The largest absolute Gasteiger partial charge is 0.479 e. The molecule has 3 heterocycles. The highest BCUT2D eigenvalue weighted by Crippen LogP contribution is 2.40. The number of methoxy groups -OCH3 is 4. The summed E-state index contributed by atoms with van der Waals surface area (Å²) in [5.74, 6) is 0.783. The van der Waals surface area contributed by atoms with Crippen molar-refractivity contribution in [3.05, 3.63) is 35.4 Å². The second kappa shape index (κ2) is 11.7. The van der Waals surface area contributed by atoms with Crippen LogP contribution in [0.1, 0.15) is 49.9 Å². The SMILES string of the molecule is COc1ncnc(OC)c1-n1c(NS(=O)(=O)C(C)C(OC)c2ncc(Cl)cn2)nnc1[C@@H]1CC[C@H](OC)C1. The van der Waals surface area contributed by atoms with E-state index in [1.165, 1.54) is 51.5 Å². The Morgan fingerprint density at radius 3 is 2.24 bits per heavy atom. The maximum absolute atomic E-state index is 13.6. The lowest BCUT2D eigenvalue weighted by molar-refractivity contribution is 0.0950. The molecule has 1 N–H and O–H groups in total. The van der Waals surface area contributed by atoms with Gasteiger partial charge in [0.2, 0.25) is 27.7 Å². The summed E-state index contributed by atoms with van der Waals surface area (Å²) in [5.41, 5.74) is 0.257. The summed E-state index contributed by atoms with van der Waals surface area (Å²) in [5, 5.41) is 7.74. The van der Waals surface area contributed by atoms with Gasteiger partial charge in [-0.15, -0.1) is 10.2 Å². The first kappa shape index (κ1) is 27.9. The fourth-order valence-electron chi connectivity index (χ4n) is 4.43. The van der Waals surface area contributed by atoms with Gasteiger partial charge in [-0.2, -0.15) is 9.97 Å². The molecule has 14 nitrogen and oxygen atoms in total. The number of hydrogen-bond acceptors (Lipinski definition) is 12. The van der Waals surface area contributed by atoms with E-state index in [0.717, 1.165) is 12.8 Å². The van der Waals surface area contributed by atoms with Crippen LogP contribution in [0.3, 0.4) is 0 Å². The summed E-state index contributed by atoms with van der Waals surface area (Å²) < 4.78 is 53.2. The van der Waals surface area contributed by atoms with Crippen molar-refractivity contribution in [3.63, 3.8) is 0 Å². The maximum atomic E-state index is 13.6. The van der Waals surface area contributed by atoms with Crippen LogP contribution in [0, 0.1) is 0 Å². The Morgan fingerprint density at radius 1 is 1.03 bits per heavy atom. The lowest BCUT2D eigenvalue weighted by Gasteiger charge is -2.23. The number of hydrogen-bond donors (Lipinski definition) is 1. The van der Waals surface area contributed by atoms with E-state index in [4.69, 9.17) is 30.5 Å². The molecule has 0 radical (unpaired) electrons.